The molecule has 11 heteroatoms. The summed E-state index contributed by atoms with van der Waals surface area (Å²) in [5.74, 6) is -2.79. The van der Waals surface area contributed by atoms with Crippen molar-refractivity contribution in [3.8, 4) is 0 Å². The number of nitrogens with one attached hydrogen (secondary N) is 2. The maximum absolute atomic E-state index is 13.8. The zero-order valence-corrected chi connectivity index (χ0v) is 21.4. The number of carbonyl (C=O) groups excluding carboxylic acids is 4. The lowest BCUT2D eigenvalue weighted by atomic mass is 9.48. The number of amides is 2. The molecule has 0 radical (unpaired) electrons. The van der Waals surface area contributed by atoms with Gasteiger partial charge in [0, 0.05) is 61.7 Å². The largest absolute Gasteiger partial charge is 0.467 e. The number of ether oxygens (including phenoxy) is 3. The van der Waals surface area contributed by atoms with Crippen molar-refractivity contribution in [1.29, 1.82) is 0 Å². The molecule has 11 nitrogen and oxygen atoms in total. The number of nitrogens with two attached hydrogens (primary N) is 2. The fourth-order valence-corrected chi connectivity index (χ4v) is 10.3. The number of rotatable bonds is 8. The van der Waals surface area contributed by atoms with Crippen LogP contribution in [0.25, 0.3) is 0 Å². The van der Waals surface area contributed by atoms with Crippen molar-refractivity contribution in [2.45, 2.75) is 36.9 Å². The van der Waals surface area contributed by atoms with Gasteiger partial charge < -0.3 is 36.3 Å². The molecule has 6 rings (SSSR count). The Balaban J connectivity index is 1.42. The lowest BCUT2D eigenvalue weighted by molar-refractivity contribution is -0.188. The van der Waals surface area contributed by atoms with Gasteiger partial charge in [0.25, 0.3) is 0 Å². The quantitative estimate of drug-likeness (QED) is 0.287. The number of methoxy groups -OCH3 is 2. The van der Waals surface area contributed by atoms with Crippen LogP contribution >= 0.6 is 0 Å². The zero-order valence-electron chi connectivity index (χ0n) is 21.4. The number of carbonyl (C=O) groups is 4. The number of hydrogen-bond acceptors (Lipinski definition) is 9. The fourth-order valence-electron chi connectivity index (χ4n) is 10.3. The molecular formula is C26H38N4O7. The van der Waals surface area contributed by atoms with Crippen LogP contribution in [0.2, 0.25) is 0 Å². The molecule has 2 saturated heterocycles. The molecule has 0 aromatic carbocycles. The van der Waals surface area contributed by atoms with Crippen LogP contribution in [0, 0.1) is 59.2 Å². The van der Waals surface area contributed by atoms with Gasteiger partial charge in [0.2, 0.25) is 11.8 Å². The van der Waals surface area contributed by atoms with Crippen LogP contribution in [0.15, 0.2) is 0 Å². The minimum Gasteiger partial charge on any atom is -0.467 e. The topological polar surface area (TPSA) is 172 Å². The standard InChI is InChI=1S/C26H38N4O7/c1-35-23(33)25-17-11-7-14(16(9-11)22(32)30-6-4-28)20(17)26(37-25,24(34)36-2)18-12-8-13(19(18)25)15(10-12)21(31)29-5-3-27/h11-20H,3-10,27-28H2,1-2H3,(H,29,31)(H,30,32)/t11-,12-,13+,14+,15-,16-,17-,18-,19+,20+,25-,26-/m0/s1. The minimum absolute atomic E-state index is 0.0406. The average Bonchev–Trinajstić information content (AvgIpc) is 3.73. The monoisotopic (exact) mass is 518 g/mol. The maximum Gasteiger partial charge on any atom is 0.338 e. The van der Waals surface area contributed by atoms with Gasteiger partial charge in [-0.2, -0.15) is 0 Å². The Labute approximate surface area is 216 Å². The van der Waals surface area contributed by atoms with E-state index in [0.717, 1.165) is 12.8 Å². The number of hydrogen-bond donors (Lipinski definition) is 4. The Morgan fingerprint density at radius 1 is 0.730 bits per heavy atom. The predicted octanol–water partition coefficient (Wildman–Crippen LogP) is -1.22. The van der Waals surface area contributed by atoms with E-state index < -0.39 is 23.1 Å². The van der Waals surface area contributed by atoms with Crippen molar-refractivity contribution >= 4 is 23.8 Å². The second kappa shape index (κ2) is 8.64. The van der Waals surface area contributed by atoms with Crippen LogP contribution in [0.5, 0.6) is 0 Å². The Bertz CT molecular complexity index is 945. The van der Waals surface area contributed by atoms with Gasteiger partial charge in [-0.3, -0.25) is 9.59 Å². The molecule has 6 aliphatic rings. The molecule has 6 fully saturated rings. The van der Waals surface area contributed by atoms with E-state index in [-0.39, 0.29) is 71.0 Å². The van der Waals surface area contributed by atoms with Crippen LogP contribution in [-0.2, 0) is 33.4 Å². The Hall–Kier alpha value is -2.24. The van der Waals surface area contributed by atoms with Gasteiger partial charge >= 0.3 is 11.9 Å². The third-order valence-electron chi connectivity index (χ3n) is 10.9. The van der Waals surface area contributed by atoms with Gasteiger partial charge in [0.15, 0.2) is 11.2 Å². The van der Waals surface area contributed by atoms with Crippen molar-refractivity contribution in [1.82, 2.24) is 10.6 Å². The van der Waals surface area contributed by atoms with E-state index in [0.29, 0.717) is 39.0 Å². The molecule has 4 saturated carbocycles. The van der Waals surface area contributed by atoms with Gasteiger partial charge in [-0.15, -0.1) is 0 Å². The van der Waals surface area contributed by atoms with E-state index in [1.54, 1.807) is 0 Å². The molecule has 2 aliphatic heterocycles. The summed E-state index contributed by atoms with van der Waals surface area (Å²) in [7, 11) is 2.71. The molecule has 0 unspecified atom stereocenters. The molecule has 0 aromatic rings. The fraction of sp³-hybridized carbons (Fsp3) is 0.846. The highest BCUT2D eigenvalue weighted by molar-refractivity contribution is 5.91. The van der Waals surface area contributed by atoms with Crippen LogP contribution in [0.1, 0.15) is 25.7 Å². The summed E-state index contributed by atoms with van der Waals surface area (Å²) in [6.07, 6.45) is 2.78. The van der Waals surface area contributed by atoms with Crippen molar-refractivity contribution < 1.29 is 33.4 Å². The molecule has 6 N–H and O–H groups in total. The van der Waals surface area contributed by atoms with Crippen LogP contribution < -0.4 is 22.1 Å². The maximum atomic E-state index is 13.8. The Morgan fingerprint density at radius 2 is 1.14 bits per heavy atom. The molecule has 2 heterocycles. The molecule has 12 atom stereocenters. The number of esters is 2. The third kappa shape index (κ3) is 2.93. The van der Waals surface area contributed by atoms with Crippen molar-refractivity contribution in [2.75, 3.05) is 40.4 Å². The van der Waals surface area contributed by atoms with E-state index in [4.69, 9.17) is 25.7 Å². The van der Waals surface area contributed by atoms with Crippen molar-refractivity contribution in [3.05, 3.63) is 0 Å². The van der Waals surface area contributed by atoms with E-state index >= 15 is 0 Å². The van der Waals surface area contributed by atoms with Crippen molar-refractivity contribution in [3.63, 3.8) is 0 Å². The highest BCUT2D eigenvalue weighted by atomic mass is 16.6. The third-order valence-corrected chi connectivity index (χ3v) is 10.9. The first-order valence-corrected chi connectivity index (χ1v) is 13.6. The van der Waals surface area contributed by atoms with E-state index in [2.05, 4.69) is 10.6 Å². The highest BCUT2D eigenvalue weighted by Crippen LogP contribution is 2.80. The molecule has 6 bridgehead atoms. The predicted molar refractivity (Wildman–Crippen MR) is 128 cm³/mol. The van der Waals surface area contributed by atoms with E-state index in [1.807, 2.05) is 0 Å². The van der Waals surface area contributed by atoms with Gasteiger partial charge in [-0.05, 0) is 49.4 Å². The summed E-state index contributed by atoms with van der Waals surface area (Å²) in [5.41, 5.74) is 8.57. The normalized spacial score (nSPS) is 47.5. The Kier molecular flexibility index (Phi) is 5.85. The summed E-state index contributed by atoms with van der Waals surface area (Å²) in [6.45, 7) is 1.50. The smallest absolute Gasteiger partial charge is 0.338 e. The summed E-state index contributed by atoms with van der Waals surface area (Å²) < 4.78 is 17.6. The molecular weight excluding hydrogens is 480 g/mol. The summed E-state index contributed by atoms with van der Waals surface area (Å²) in [6, 6.07) is 0. The molecule has 4 aliphatic carbocycles. The zero-order chi connectivity index (χ0) is 26.3. The van der Waals surface area contributed by atoms with Crippen LogP contribution in [0.3, 0.4) is 0 Å². The van der Waals surface area contributed by atoms with Gasteiger partial charge in [-0.1, -0.05) is 0 Å². The van der Waals surface area contributed by atoms with Gasteiger partial charge in [0.05, 0.1) is 14.2 Å². The van der Waals surface area contributed by atoms with Crippen molar-refractivity contribution in [2.24, 2.45) is 70.6 Å². The number of fused-ring (bicyclic) bond motifs is 16. The minimum atomic E-state index is -1.32. The van der Waals surface area contributed by atoms with Gasteiger partial charge in [0.1, 0.15) is 0 Å². The molecule has 2 amide bonds. The van der Waals surface area contributed by atoms with Crippen LogP contribution in [0.4, 0.5) is 0 Å². The molecule has 204 valence electrons. The summed E-state index contributed by atoms with van der Waals surface area (Å²) in [4.78, 5) is 53.7. The first-order valence-electron chi connectivity index (χ1n) is 13.6. The molecule has 0 spiro atoms. The Morgan fingerprint density at radius 3 is 1.49 bits per heavy atom. The molecule has 0 aromatic heterocycles. The summed E-state index contributed by atoms with van der Waals surface area (Å²) >= 11 is 0. The van der Waals surface area contributed by atoms with E-state index in [9.17, 15) is 19.2 Å². The van der Waals surface area contributed by atoms with Crippen LogP contribution in [-0.4, -0.2) is 75.4 Å². The molecule has 37 heavy (non-hydrogen) atoms. The lowest BCUT2D eigenvalue weighted by Gasteiger charge is -2.51. The highest BCUT2D eigenvalue weighted by Gasteiger charge is 2.90. The SMILES string of the molecule is COC(=O)[C@]12O[C@](C(=O)OC)([C@@H]3[C@@H]4C[C@@H](C[C@@H]4C(=O)NCCN)[C@@H]31)[C@H]1[C@H]3C[C@@H]([C@H]12)[C@@H](C(=O)NCCN)C3. The summed E-state index contributed by atoms with van der Waals surface area (Å²) in [5, 5.41) is 5.85. The lowest BCUT2D eigenvalue weighted by Crippen LogP contribution is -2.63. The average molecular weight is 519 g/mol. The first kappa shape index (κ1) is 25.1. The first-order chi connectivity index (χ1) is 17.8. The van der Waals surface area contributed by atoms with E-state index in [1.165, 1.54) is 14.2 Å². The second-order valence-electron chi connectivity index (χ2n) is 11.9. The van der Waals surface area contributed by atoms with Gasteiger partial charge in [-0.25, -0.2) is 9.59 Å². The second-order valence-corrected chi connectivity index (χ2v) is 11.9.